The highest BCUT2D eigenvalue weighted by molar-refractivity contribution is 6.28. The molecule has 1 aliphatic heterocycles. The summed E-state index contributed by atoms with van der Waals surface area (Å²) in [5, 5.41) is 2.62. The fraction of sp³-hybridized carbons (Fsp3) is 0.545. The van der Waals surface area contributed by atoms with Crippen LogP contribution in [0.2, 0.25) is 5.28 Å². The summed E-state index contributed by atoms with van der Waals surface area (Å²) in [7, 11) is 1.60. The maximum Gasteiger partial charge on any atom is 0.224 e. The lowest BCUT2D eigenvalue weighted by Gasteiger charge is -2.32. The van der Waals surface area contributed by atoms with Crippen LogP contribution >= 0.6 is 11.6 Å². The molecule has 1 unspecified atom stereocenters. The number of hydrogen-bond donors (Lipinski definition) is 1. The monoisotopic (exact) mass is 272 g/mol. The van der Waals surface area contributed by atoms with E-state index < -0.39 is 5.82 Å². The minimum atomic E-state index is -0.517. The van der Waals surface area contributed by atoms with Gasteiger partial charge in [0.05, 0.1) is 12.1 Å². The van der Waals surface area contributed by atoms with E-state index in [1.165, 1.54) is 0 Å². The van der Waals surface area contributed by atoms with E-state index in [-0.39, 0.29) is 22.9 Å². The van der Waals surface area contributed by atoms with Gasteiger partial charge in [0.15, 0.2) is 11.6 Å². The van der Waals surface area contributed by atoms with Crippen molar-refractivity contribution in [3.63, 3.8) is 0 Å². The van der Waals surface area contributed by atoms with Gasteiger partial charge in [-0.2, -0.15) is 4.98 Å². The number of carbonyl (C=O) groups is 1. The van der Waals surface area contributed by atoms with Crippen molar-refractivity contribution < 1.29 is 9.18 Å². The molecule has 1 saturated heterocycles. The molecule has 1 atom stereocenters. The van der Waals surface area contributed by atoms with Gasteiger partial charge in [-0.05, 0) is 24.4 Å². The minimum absolute atomic E-state index is 0.00784. The third-order valence-corrected chi connectivity index (χ3v) is 3.22. The highest BCUT2D eigenvalue weighted by atomic mass is 35.5. The van der Waals surface area contributed by atoms with Crippen molar-refractivity contribution in [3.05, 3.63) is 17.3 Å². The maximum atomic E-state index is 13.6. The van der Waals surface area contributed by atoms with Crippen LogP contribution in [0.4, 0.5) is 10.2 Å². The Morgan fingerprint density at radius 2 is 2.44 bits per heavy atom. The number of piperidine rings is 1. The lowest BCUT2D eigenvalue weighted by atomic mass is 9.97. The molecule has 2 heterocycles. The molecular formula is C11H14ClFN4O. The lowest BCUT2D eigenvalue weighted by Crippen LogP contribution is -2.42. The van der Waals surface area contributed by atoms with Gasteiger partial charge in [0, 0.05) is 20.1 Å². The molecule has 7 heteroatoms. The second-order valence-corrected chi connectivity index (χ2v) is 4.55. The van der Waals surface area contributed by atoms with Crippen molar-refractivity contribution in [1.29, 1.82) is 0 Å². The zero-order chi connectivity index (χ0) is 13.1. The zero-order valence-electron chi connectivity index (χ0n) is 9.99. The van der Waals surface area contributed by atoms with Gasteiger partial charge >= 0.3 is 0 Å². The first-order valence-corrected chi connectivity index (χ1v) is 6.14. The molecule has 98 valence electrons. The molecule has 0 aliphatic carbocycles. The van der Waals surface area contributed by atoms with Crippen LogP contribution in [0.1, 0.15) is 12.8 Å². The standard InChI is InChI=1S/C11H14ClFN4O/c1-14-10(18)7-3-2-4-17(6-7)9-8(13)5-15-11(12)16-9/h5,7H,2-4,6H2,1H3,(H,14,18). The number of hydrogen-bond acceptors (Lipinski definition) is 4. The van der Waals surface area contributed by atoms with Gasteiger partial charge in [0.2, 0.25) is 11.2 Å². The summed E-state index contributed by atoms with van der Waals surface area (Å²) >= 11 is 5.67. The Hall–Kier alpha value is -1.43. The van der Waals surface area contributed by atoms with E-state index in [1.807, 2.05) is 0 Å². The Morgan fingerprint density at radius 3 is 3.17 bits per heavy atom. The van der Waals surface area contributed by atoms with Gasteiger partial charge in [-0.3, -0.25) is 4.79 Å². The van der Waals surface area contributed by atoms with Gasteiger partial charge in [0.1, 0.15) is 0 Å². The normalized spacial score (nSPS) is 19.7. The van der Waals surface area contributed by atoms with E-state index >= 15 is 0 Å². The van der Waals surface area contributed by atoms with Crippen LogP contribution in [0.15, 0.2) is 6.20 Å². The maximum absolute atomic E-state index is 13.6. The van der Waals surface area contributed by atoms with Crippen molar-refractivity contribution in [2.45, 2.75) is 12.8 Å². The summed E-state index contributed by atoms with van der Waals surface area (Å²) in [4.78, 5) is 20.8. The van der Waals surface area contributed by atoms with Crippen LogP contribution in [-0.4, -0.2) is 36.0 Å². The summed E-state index contributed by atoms with van der Waals surface area (Å²) in [6, 6.07) is 0. The fourth-order valence-corrected chi connectivity index (χ4v) is 2.28. The summed E-state index contributed by atoms with van der Waals surface area (Å²) in [5.41, 5.74) is 0. The predicted octanol–water partition coefficient (Wildman–Crippen LogP) is 1.23. The molecule has 0 radical (unpaired) electrons. The molecule has 0 spiro atoms. The summed E-state index contributed by atoms with van der Waals surface area (Å²) in [6.07, 6.45) is 2.67. The number of aromatic nitrogens is 2. The summed E-state index contributed by atoms with van der Waals surface area (Å²) in [5.74, 6) is -0.516. The predicted molar refractivity (Wildman–Crippen MR) is 66.0 cm³/mol. The summed E-state index contributed by atoms with van der Waals surface area (Å²) < 4.78 is 13.6. The summed E-state index contributed by atoms with van der Waals surface area (Å²) in [6.45, 7) is 1.11. The van der Waals surface area contributed by atoms with Crippen molar-refractivity contribution in [2.75, 3.05) is 25.0 Å². The molecule has 0 saturated carbocycles. The molecule has 5 nitrogen and oxygen atoms in total. The third kappa shape index (κ3) is 2.69. The molecule has 1 aromatic rings. The number of carbonyl (C=O) groups excluding carboxylic acids is 1. The van der Waals surface area contributed by atoms with Crippen molar-refractivity contribution >= 4 is 23.3 Å². The number of nitrogens with zero attached hydrogens (tertiary/aromatic N) is 3. The number of nitrogens with one attached hydrogen (secondary N) is 1. The van der Waals surface area contributed by atoms with Gasteiger partial charge in [0.25, 0.3) is 0 Å². The van der Waals surface area contributed by atoms with Crippen molar-refractivity contribution in [3.8, 4) is 0 Å². The van der Waals surface area contributed by atoms with E-state index in [4.69, 9.17) is 11.6 Å². The fourth-order valence-electron chi connectivity index (χ4n) is 2.15. The Bertz CT molecular complexity index is 457. The Kier molecular flexibility index (Phi) is 3.96. The van der Waals surface area contributed by atoms with E-state index in [0.717, 1.165) is 19.0 Å². The van der Waals surface area contributed by atoms with Crippen LogP contribution < -0.4 is 10.2 Å². The van der Waals surface area contributed by atoms with E-state index in [0.29, 0.717) is 13.1 Å². The Labute approximate surface area is 109 Å². The van der Waals surface area contributed by atoms with Gasteiger partial charge in [-0.15, -0.1) is 0 Å². The second kappa shape index (κ2) is 5.48. The first-order valence-electron chi connectivity index (χ1n) is 5.76. The van der Waals surface area contributed by atoms with Gasteiger partial charge in [-0.25, -0.2) is 9.37 Å². The van der Waals surface area contributed by atoms with Gasteiger partial charge in [-0.1, -0.05) is 0 Å². The average Bonchev–Trinajstić information content (AvgIpc) is 2.40. The number of rotatable bonds is 2. The molecule has 2 rings (SSSR count). The van der Waals surface area contributed by atoms with Gasteiger partial charge < -0.3 is 10.2 Å². The molecule has 1 aliphatic rings. The molecule has 0 aromatic carbocycles. The number of amides is 1. The molecule has 1 amide bonds. The Balaban J connectivity index is 2.18. The Morgan fingerprint density at radius 1 is 1.67 bits per heavy atom. The first-order chi connectivity index (χ1) is 8.61. The molecule has 1 fully saturated rings. The van der Waals surface area contributed by atoms with Crippen LogP contribution in [0, 0.1) is 11.7 Å². The topological polar surface area (TPSA) is 58.1 Å². The van der Waals surface area contributed by atoms with Crippen LogP contribution in [0.3, 0.4) is 0 Å². The smallest absolute Gasteiger partial charge is 0.224 e. The molecule has 18 heavy (non-hydrogen) atoms. The third-order valence-electron chi connectivity index (χ3n) is 3.03. The highest BCUT2D eigenvalue weighted by Crippen LogP contribution is 2.24. The van der Waals surface area contributed by atoms with E-state index in [9.17, 15) is 9.18 Å². The van der Waals surface area contributed by atoms with E-state index in [2.05, 4.69) is 15.3 Å². The van der Waals surface area contributed by atoms with Crippen LogP contribution in [0.25, 0.3) is 0 Å². The minimum Gasteiger partial charge on any atom is -0.359 e. The lowest BCUT2D eigenvalue weighted by molar-refractivity contribution is -0.124. The van der Waals surface area contributed by atoms with Crippen LogP contribution in [0.5, 0.6) is 0 Å². The number of anilines is 1. The molecule has 1 N–H and O–H groups in total. The largest absolute Gasteiger partial charge is 0.359 e. The van der Waals surface area contributed by atoms with Crippen molar-refractivity contribution in [1.82, 2.24) is 15.3 Å². The molecular weight excluding hydrogens is 259 g/mol. The molecule has 1 aromatic heterocycles. The number of halogens is 2. The van der Waals surface area contributed by atoms with Crippen LogP contribution in [-0.2, 0) is 4.79 Å². The SMILES string of the molecule is CNC(=O)C1CCCN(c2nc(Cl)ncc2F)C1. The average molecular weight is 273 g/mol. The molecule has 0 bridgehead atoms. The van der Waals surface area contributed by atoms with E-state index in [1.54, 1.807) is 11.9 Å². The highest BCUT2D eigenvalue weighted by Gasteiger charge is 2.27. The first kappa shape index (κ1) is 13.0. The quantitative estimate of drug-likeness (QED) is 0.823. The second-order valence-electron chi connectivity index (χ2n) is 4.21. The zero-order valence-corrected chi connectivity index (χ0v) is 10.7. The van der Waals surface area contributed by atoms with Crippen molar-refractivity contribution in [2.24, 2.45) is 5.92 Å².